The zero-order valence-corrected chi connectivity index (χ0v) is 7.56. The van der Waals surface area contributed by atoms with Crippen molar-refractivity contribution in [1.82, 2.24) is 9.97 Å². The molecule has 4 heteroatoms. The monoisotopic (exact) mass is 188 g/mol. The highest BCUT2D eigenvalue weighted by Crippen LogP contribution is 2.24. The summed E-state index contributed by atoms with van der Waals surface area (Å²) in [6.07, 6.45) is 0.594. The van der Waals surface area contributed by atoms with Gasteiger partial charge in [0, 0.05) is 0 Å². The van der Waals surface area contributed by atoms with Gasteiger partial charge in [0.15, 0.2) is 12.1 Å². The van der Waals surface area contributed by atoms with Crippen LogP contribution in [0.1, 0.15) is 16.3 Å². The molecule has 0 saturated heterocycles. The van der Waals surface area contributed by atoms with E-state index in [0.717, 1.165) is 0 Å². The molecule has 0 atom stereocenters. The predicted octanol–water partition coefficient (Wildman–Crippen LogP) is 1.46. The van der Waals surface area contributed by atoms with Crippen molar-refractivity contribution in [3.8, 4) is 5.75 Å². The van der Waals surface area contributed by atoms with Crippen molar-refractivity contribution in [3.05, 3.63) is 29.7 Å². The summed E-state index contributed by atoms with van der Waals surface area (Å²) >= 11 is 0. The molecule has 2 rings (SSSR count). The van der Waals surface area contributed by atoms with Crippen LogP contribution in [-0.4, -0.2) is 21.4 Å². The van der Waals surface area contributed by atoms with Crippen LogP contribution in [0.2, 0.25) is 0 Å². The van der Waals surface area contributed by atoms with E-state index >= 15 is 0 Å². The number of phenols is 1. The van der Waals surface area contributed by atoms with Crippen molar-refractivity contribution >= 4 is 17.2 Å². The Bertz CT molecular complexity index is 509. The maximum atomic E-state index is 10.5. The number of aldehydes is 1. The fraction of sp³-hybridized carbons (Fsp3) is 0.100. The van der Waals surface area contributed by atoms with Gasteiger partial charge in [-0.3, -0.25) is 4.79 Å². The smallest absolute Gasteiger partial charge is 0.193 e. The standard InChI is InChI=1S/C10H8N2O2/c1-6-10-7(3-2-4-8(10)14)12-9(5-13)11-6/h2-5,14H,1H3. The van der Waals surface area contributed by atoms with Crippen molar-refractivity contribution in [2.24, 2.45) is 0 Å². The molecule has 1 N–H and O–H groups in total. The van der Waals surface area contributed by atoms with E-state index in [2.05, 4.69) is 9.97 Å². The Morgan fingerprint density at radius 1 is 1.36 bits per heavy atom. The number of carbonyl (C=O) groups excluding carboxylic acids is 1. The molecule has 2 aromatic rings. The molecule has 0 aliphatic rings. The number of hydrogen-bond donors (Lipinski definition) is 1. The number of aryl methyl sites for hydroxylation is 1. The van der Waals surface area contributed by atoms with Crippen LogP contribution in [0.4, 0.5) is 0 Å². The predicted molar refractivity (Wildman–Crippen MR) is 51.3 cm³/mol. The molecule has 0 unspecified atom stereocenters. The van der Waals surface area contributed by atoms with Crippen LogP contribution in [0.15, 0.2) is 18.2 Å². The van der Waals surface area contributed by atoms with E-state index in [1.54, 1.807) is 25.1 Å². The molecule has 0 bridgehead atoms. The fourth-order valence-electron chi connectivity index (χ4n) is 1.42. The van der Waals surface area contributed by atoms with Gasteiger partial charge in [0.1, 0.15) is 5.75 Å². The zero-order valence-electron chi connectivity index (χ0n) is 7.56. The topological polar surface area (TPSA) is 63.1 Å². The summed E-state index contributed by atoms with van der Waals surface area (Å²) in [5, 5.41) is 10.1. The Morgan fingerprint density at radius 2 is 2.14 bits per heavy atom. The van der Waals surface area contributed by atoms with Crippen molar-refractivity contribution in [2.45, 2.75) is 6.92 Å². The molecule has 0 fully saturated rings. The highest BCUT2D eigenvalue weighted by atomic mass is 16.3. The van der Waals surface area contributed by atoms with Crippen molar-refractivity contribution in [3.63, 3.8) is 0 Å². The van der Waals surface area contributed by atoms with E-state index in [1.165, 1.54) is 0 Å². The van der Waals surface area contributed by atoms with Gasteiger partial charge in [-0.15, -0.1) is 0 Å². The second-order valence-corrected chi connectivity index (χ2v) is 2.96. The Labute approximate surface area is 80.2 Å². The fourth-order valence-corrected chi connectivity index (χ4v) is 1.42. The number of hydrogen-bond acceptors (Lipinski definition) is 4. The van der Waals surface area contributed by atoms with Crippen molar-refractivity contribution < 1.29 is 9.90 Å². The van der Waals surface area contributed by atoms with Crippen LogP contribution in [0, 0.1) is 6.92 Å². The molecule has 14 heavy (non-hydrogen) atoms. The maximum Gasteiger partial charge on any atom is 0.193 e. The van der Waals surface area contributed by atoms with Crippen molar-refractivity contribution in [2.75, 3.05) is 0 Å². The maximum absolute atomic E-state index is 10.5. The second kappa shape index (κ2) is 3.06. The van der Waals surface area contributed by atoms with E-state index in [-0.39, 0.29) is 11.6 Å². The van der Waals surface area contributed by atoms with Gasteiger partial charge in [-0.05, 0) is 19.1 Å². The second-order valence-electron chi connectivity index (χ2n) is 2.96. The van der Waals surface area contributed by atoms with Gasteiger partial charge in [-0.1, -0.05) is 6.07 Å². The number of rotatable bonds is 1. The van der Waals surface area contributed by atoms with Crippen LogP contribution < -0.4 is 0 Å². The van der Waals surface area contributed by atoms with Gasteiger partial charge in [-0.25, -0.2) is 9.97 Å². The minimum absolute atomic E-state index is 0.137. The lowest BCUT2D eigenvalue weighted by Gasteiger charge is -2.03. The van der Waals surface area contributed by atoms with E-state index in [0.29, 0.717) is 22.9 Å². The highest BCUT2D eigenvalue weighted by Gasteiger charge is 2.06. The lowest BCUT2D eigenvalue weighted by Crippen LogP contribution is -1.96. The summed E-state index contributed by atoms with van der Waals surface area (Å²) in [5.41, 5.74) is 1.19. The lowest BCUT2D eigenvalue weighted by molar-refractivity contribution is 0.111. The first kappa shape index (κ1) is 8.62. The number of fused-ring (bicyclic) bond motifs is 1. The van der Waals surface area contributed by atoms with E-state index in [4.69, 9.17) is 0 Å². The van der Waals surface area contributed by atoms with Crippen LogP contribution in [-0.2, 0) is 0 Å². The molecule has 0 saturated carbocycles. The van der Waals surface area contributed by atoms with Crippen LogP contribution >= 0.6 is 0 Å². The number of nitrogens with zero attached hydrogens (tertiary/aromatic N) is 2. The summed E-state index contributed by atoms with van der Waals surface area (Å²) in [5.74, 6) is 0.276. The van der Waals surface area contributed by atoms with E-state index < -0.39 is 0 Å². The summed E-state index contributed by atoms with van der Waals surface area (Å²) in [4.78, 5) is 18.4. The van der Waals surface area contributed by atoms with E-state index in [9.17, 15) is 9.90 Å². The Morgan fingerprint density at radius 3 is 2.86 bits per heavy atom. The molecule has 70 valence electrons. The Balaban J connectivity index is 2.89. The third-order valence-electron chi connectivity index (χ3n) is 2.00. The summed E-state index contributed by atoms with van der Waals surface area (Å²) in [7, 11) is 0. The molecular formula is C10H8N2O2. The molecule has 0 amide bonds. The Kier molecular flexibility index (Phi) is 1.89. The number of aromatic hydroxyl groups is 1. The molecule has 0 aliphatic heterocycles. The molecule has 4 nitrogen and oxygen atoms in total. The number of carbonyl (C=O) groups is 1. The van der Waals surface area contributed by atoms with Gasteiger partial charge >= 0.3 is 0 Å². The third-order valence-corrected chi connectivity index (χ3v) is 2.00. The minimum Gasteiger partial charge on any atom is -0.507 e. The SMILES string of the molecule is Cc1nc(C=O)nc2cccc(O)c12. The normalized spacial score (nSPS) is 10.4. The minimum atomic E-state index is 0.137. The number of phenolic OH excluding ortho intramolecular Hbond substituents is 1. The lowest BCUT2D eigenvalue weighted by atomic mass is 10.2. The molecule has 0 aliphatic carbocycles. The van der Waals surface area contributed by atoms with Gasteiger partial charge in [0.2, 0.25) is 0 Å². The van der Waals surface area contributed by atoms with Gasteiger partial charge < -0.3 is 5.11 Å². The third kappa shape index (κ3) is 1.21. The molecule has 1 aromatic heterocycles. The first-order valence-electron chi connectivity index (χ1n) is 4.14. The number of aromatic nitrogens is 2. The highest BCUT2D eigenvalue weighted by molar-refractivity contribution is 5.88. The van der Waals surface area contributed by atoms with Gasteiger partial charge in [-0.2, -0.15) is 0 Å². The van der Waals surface area contributed by atoms with E-state index in [1.807, 2.05) is 0 Å². The Hall–Kier alpha value is -1.97. The summed E-state index contributed by atoms with van der Waals surface area (Å²) in [6.45, 7) is 1.73. The molecule has 0 radical (unpaired) electrons. The van der Waals surface area contributed by atoms with Crippen LogP contribution in [0.25, 0.3) is 10.9 Å². The van der Waals surface area contributed by atoms with Crippen LogP contribution in [0.3, 0.4) is 0 Å². The van der Waals surface area contributed by atoms with Gasteiger partial charge in [0.05, 0.1) is 16.6 Å². The van der Waals surface area contributed by atoms with Crippen molar-refractivity contribution in [1.29, 1.82) is 0 Å². The first-order valence-corrected chi connectivity index (χ1v) is 4.14. The average molecular weight is 188 g/mol. The molecule has 1 aromatic carbocycles. The summed E-state index contributed by atoms with van der Waals surface area (Å²) < 4.78 is 0. The quantitative estimate of drug-likeness (QED) is 0.688. The summed E-state index contributed by atoms with van der Waals surface area (Å²) in [6, 6.07) is 4.98. The van der Waals surface area contributed by atoms with Crippen LogP contribution in [0.5, 0.6) is 5.75 Å². The first-order chi connectivity index (χ1) is 6.72. The zero-order chi connectivity index (χ0) is 10.1. The molecule has 0 spiro atoms. The molecular weight excluding hydrogens is 180 g/mol. The van der Waals surface area contributed by atoms with Gasteiger partial charge in [0.25, 0.3) is 0 Å². The molecule has 1 heterocycles. The largest absolute Gasteiger partial charge is 0.507 e. The number of benzene rings is 1. The average Bonchev–Trinajstić information content (AvgIpc) is 2.17.